The third-order valence-corrected chi connectivity index (χ3v) is 4.79. The van der Waals surface area contributed by atoms with E-state index in [0.29, 0.717) is 7.14 Å². The maximum absolute atomic E-state index is 13.7. The maximum Gasteiger partial charge on any atom is 0.344 e. The average molecular weight is 641 g/mol. The highest BCUT2D eigenvalue weighted by Crippen LogP contribution is 2.30. The Morgan fingerprint density at radius 2 is 1.83 bits per heavy atom. The van der Waals surface area contributed by atoms with Crippen LogP contribution in [0.5, 0.6) is 5.75 Å². The number of rotatable bonds is 10. The van der Waals surface area contributed by atoms with E-state index in [-0.39, 0.29) is 18.1 Å². The molecule has 1 unspecified atom stereocenters. The summed E-state index contributed by atoms with van der Waals surface area (Å²) in [6.45, 7) is 1.34. The zero-order valence-corrected chi connectivity index (χ0v) is 19.8. The monoisotopic (exact) mass is 641 g/mol. The van der Waals surface area contributed by atoms with Crippen molar-refractivity contribution in [2.45, 2.75) is 25.9 Å². The van der Waals surface area contributed by atoms with Gasteiger partial charge in [0.05, 0.1) is 3.57 Å². The highest BCUT2D eigenvalue weighted by atomic mass is 127. The second kappa shape index (κ2) is 11.2. The van der Waals surface area contributed by atoms with Gasteiger partial charge in [0, 0.05) is 10.7 Å². The molecule has 0 saturated heterocycles. The molecular weight excluding hydrogens is 624 g/mol. The van der Waals surface area contributed by atoms with E-state index in [2.05, 4.69) is 4.74 Å². The van der Waals surface area contributed by atoms with Crippen molar-refractivity contribution in [3.05, 3.63) is 24.8 Å². The number of carboxylic acid groups (broad SMARTS) is 1. The molecular formula is C17H17F2I2O8-. The molecule has 12 heteroatoms. The summed E-state index contributed by atoms with van der Waals surface area (Å²) in [4.78, 5) is 34.8. The number of aliphatic carboxylic acids is 1. The van der Waals surface area contributed by atoms with Crippen LogP contribution in [0, 0.1) is 13.1 Å². The van der Waals surface area contributed by atoms with E-state index >= 15 is 0 Å². The van der Waals surface area contributed by atoms with E-state index in [0.717, 1.165) is 0 Å². The van der Waals surface area contributed by atoms with Gasteiger partial charge < -0.3 is 28.8 Å². The second-order valence-electron chi connectivity index (χ2n) is 5.96. The van der Waals surface area contributed by atoms with Crippen molar-refractivity contribution < 1.29 is 47.2 Å². The lowest BCUT2D eigenvalue weighted by Crippen LogP contribution is -2.53. The van der Waals surface area contributed by atoms with Crippen LogP contribution < -0.4 is 9.84 Å². The van der Waals surface area contributed by atoms with Crippen LogP contribution in [-0.4, -0.2) is 50.4 Å². The van der Waals surface area contributed by atoms with E-state index in [1.165, 1.54) is 27.0 Å². The smallest absolute Gasteiger partial charge is 0.344 e. The summed E-state index contributed by atoms with van der Waals surface area (Å²) in [5, 5.41) is 10.6. The predicted molar refractivity (Wildman–Crippen MR) is 109 cm³/mol. The molecule has 1 rings (SSSR count). The second-order valence-corrected chi connectivity index (χ2v) is 8.36. The van der Waals surface area contributed by atoms with Gasteiger partial charge in [0.25, 0.3) is 0 Å². The van der Waals surface area contributed by atoms with Gasteiger partial charge in [0.2, 0.25) is 0 Å². The Morgan fingerprint density at radius 3 is 2.34 bits per heavy atom. The van der Waals surface area contributed by atoms with Crippen LogP contribution in [0.2, 0.25) is 0 Å². The average Bonchev–Trinajstić information content (AvgIpc) is 2.62. The van der Waals surface area contributed by atoms with Crippen molar-refractivity contribution in [2.75, 3.05) is 20.5 Å². The molecule has 0 bridgehead atoms. The third kappa shape index (κ3) is 7.16. The Hall–Kier alpha value is -1.29. The van der Waals surface area contributed by atoms with Crippen LogP contribution in [-0.2, 0) is 23.8 Å². The van der Waals surface area contributed by atoms with Gasteiger partial charge in [-0.05, 0) is 63.2 Å². The molecule has 29 heavy (non-hydrogen) atoms. The summed E-state index contributed by atoms with van der Waals surface area (Å²) in [6, 6.07) is 3.18. The number of carbonyl (C=O) groups excluding carboxylic acids is 3. The van der Waals surface area contributed by atoms with Crippen molar-refractivity contribution >= 4 is 63.1 Å². The van der Waals surface area contributed by atoms with Crippen LogP contribution in [0.4, 0.5) is 8.78 Å². The maximum atomic E-state index is 13.7. The summed E-state index contributed by atoms with van der Waals surface area (Å²) < 4.78 is 48.1. The Balaban J connectivity index is 2.89. The van der Waals surface area contributed by atoms with Gasteiger partial charge in [-0.3, -0.25) is 0 Å². The Bertz CT molecular complexity index is 770. The zero-order chi connectivity index (χ0) is 22.4. The van der Waals surface area contributed by atoms with Crippen LogP contribution >= 0.6 is 45.2 Å². The minimum absolute atomic E-state index is 0.00775. The van der Waals surface area contributed by atoms with E-state index in [4.69, 9.17) is 14.2 Å². The van der Waals surface area contributed by atoms with E-state index in [9.17, 15) is 28.3 Å². The topological polar surface area (TPSA) is 111 Å². The summed E-state index contributed by atoms with van der Waals surface area (Å²) in [7, 11) is 1.39. The van der Waals surface area contributed by atoms with Crippen LogP contribution in [0.15, 0.2) is 12.1 Å². The van der Waals surface area contributed by atoms with Gasteiger partial charge in [-0.25, -0.2) is 9.59 Å². The summed E-state index contributed by atoms with van der Waals surface area (Å²) >= 11 is 3.90. The summed E-state index contributed by atoms with van der Waals surface area (Å²) in [6.07, 6.45) is -2.28. The number of hydrogen-bond donors (Lipinski definition) is 0. The largest absolute Gasteiger partial charge is 0.544 e. The molecule has 0 spiro atoms. The molecule has 162 valence electrons. The molecule has 8 nitrogen and oxygen atoms in total. The van der Waals surface area contributed by atoms with Gasteiger partial charge in [-0.15, -0.1) is 0 Å². The molecule has 0 N–H and O–H groups in total. The van der Waals surface area contributed by atoms with Crippen molar-refractivity contribution in [1.29, 1.82) is 0 Å². The molecule has 0 saturated carbocycles. The molecule has 1 aromatic carbocycles. The van der Waals surface area contributed by atoms with Gasteiger partial charge >= 0.3 is 17.9 Å². The Morgan fingerprint density at radius 1 is 1.21 bits per heavy atom. The highest BCUT2D eigenvalue weighted by molar-refractivity contribution is 14.1. The first-order valence-corrected chi connectivity index (χ1v) is 10.1. The lowest BCUT2D eigenvalue weighted by molar-refractivity contribution is -0.337. The minimum Gasteiger partial charge on any atom is -0.544 e. The lowest BCUT2D eigenvalue weighted by Gasteiger charge is -2.29. The molecule has 0 amide bonds. The van der Waals surface area contributed by atoms with Crippen molar-refractivity contribution in [3.8, 4) is 5.75 Å². The first-order chi connectivity index (χ1) is 13.4. The van der Waals surface area contributed by atoms with E-state index < -0.39 is 42.5 Å². The predicted octanol–water partition coefficient (Wildman–Crippen LogP) is 1.99. The fraction of sp³-hybridized carbons (Fsp3) is 0.471. The number of benzene rings is 1. The Labute approximate surface area is 192 Å². The quantitative estimate of drug-likeness (QED) is 0.217. The van der Waals surface area contributed by atoms with E-state index in [1.807, 2.05) is 45.2 Å². The van der Waals surface area contributed by atoms with Crippen LogP contribution in [0.3, 0.4) is 0 Å². The van der Waals surface area contributed by atoms with Gasteiger partial charge in [-0.1, -0.05) is 13.8 Å². The first kappa shape index (κ1) is 25.7. The van der Waals surface area contributed by atoms with Gasteiger partial charge in [0.15, 0.2) is 19.5 Å². The number of halogens is 4. The molecule has 0 aromatic heterocycles. The molecule has 0 aliphatic carbocycles. The Kier molecular flexibility index (Phi) is 9.94. The molecule has 0 aliphatic rings. The number of ether oxygens (including phenoxy) is 4. The number of hydrogen-bond acceptors (Lipinski definition) is 8. The molecule has 1 aromatic rings. The molecule has 1 atom stereocenters. The minimum atomic E-state index is -4.40. The van der Waals surface area contributed by atoms with Gasteiger partial charge in [0.1, 0.15) is 17.3 Å². The number of methoxy groups -OCH3 is 1. The lowest BCUT2D eigenvalue weighted by atomic mass is 10.0. The van der Waals surface area contributed by atoms with Crippen molar-refractivity contribution in [1.82, 2.24) is 0 Å². The zero-order valence-electron chi connectivity index (χ0n) is 15.5. The standard InChI is InChI=1S/C17H18F2I2O8/c1-8(2)14(17(18,19)16(24)25)29-12(22)6-27-15(23)10-4-9(20)5-11(21)13(10)28-7-26-3/h4-5,8,14H,6-7H2,1-3H3,(H,24,25)/p-1. The highest BCUT2D eigenvalue weighted by Gasteiger charge is 2.46. The van der Waals surface area contributed by atoms with Crippen LogP contribution in [0.1, 0.15) is 24.2 Å². The van der Waals surface area contributed by atoms with Crippen molar-refractivity contribution in [3.63, 3.8) is 0 Å². The number of carboxylic acids is 1. The van der Waals surface area contributed by atoms with Crippen molar-refractivity contribution in [2.24, 2.45) is 5.92 Å². The molecule has 0 aliphatic heterocycles. The fourth-order valence-electron chi connectivity index (χ4n) is 2.10. The number of esters is 2. The molecule has 0 heterocycles. The van der Waals surface area contributed by atoms with E-state index in [1.54, 1.807) is 6.07 Å². The normalized spacial score (nSPS) is 12.4. The first-order valence-electron chi connectivity index (χ1n) is 7.98. The number of alkyl halides is 2. The molecule has 0 radical (unpaired) electrons. The van der Waals surface area contributed by atoms with Gasteiger partial charge in [-0.2, -0.15) is 8.78 Å². The summed E-state index contributed by atoms with van der Waals surface area (Å²) in [5.74, 6) is -10.2. The third-order valence-electron chi connectivity index (χ3n) is 3.36. The number of carbonyl (C=O) groups is 3. The van der Waals surface area contributed by atoms with Crippen LogP contribution in [0.25, 0.3) is 0 Å². The SMILES string of the molecule is COCOc1c(I)cc(I)cc1C(=O)OCC(=O)OC(C(C)C)C(F)(F)C(=O)[O-]. The molecule has 0 fully saturated rings. The summed E-state index contributed by atoms with van der Waals surface area (Å²) in [5.41, 5.74) is -0.00775. The fourth-order valence-corrected chi connectivity index (χ4v) is 4.10.